The molecule has 1 aliphatic heterocycles. The highest BCUT2D eigenvalue weighted by molar-refractivity contribution is 8.00. The first-order chi connectivity index (χ1) is 9.56. The Morgan fingerprint density at radius 2 is 2.19 bits per heavy atom. The van der Waals surface area contributed by atoms with E-state index >= 15 is 0 Å². The minimum atomic E-state index is -0.888. The molecule has 0 aliphatic carbocycles. The number of thioether (sulfide) groups is 1. The Morgan fingerprint density at radius 1 is 1.43 bits per heavy atom. The average Bonchev–Trinajstić information content (AvgIpc) is 2.43. The van der Waals surface area contributed by atoms with Crippen LogP contribution in [0.3, 0.4) is 0 Å². The summed E-state index contributed by atoms with van der Waals surface area (Å²) in [4.78, 5) is 12.4. The summed E-state index contributed by atoms with van der Waals surface area (Å²) in [6.07, 6.45) is 1.04. The van der Waals surface area contributed by atoms with Crippen molar-refractivity contribution in [3.63, 3.8) is 0 Å². The van der Waals surface area contributed by atoms with Gasteiger partial charge in [0.15, 0.2) is 11.6 Å². The van der Waals surface area contributed by atoms with Crippen LogP contribution in [0.25, 0.3) is 0 Å². The van der Waals surface area contributed by atoms with E-state index in [0.717, 1.165) is 31.6 Å². The monoisotopic (exact) mass is 336 g/mol. The zero-order valence-electron chi connectivity index (χ0n) is 11.7. The molecular weight excluding hydrogens is 318 g/mol. The van der Waals surface area contributed by atoms with Crippen molar-refractivity contribution in [1.82, 2.24) is 10.6 Å². The molecule has 0 radical (unpaired) electrons. The van der Waals surface area contributed by atoms with Crippen molar-refractivity contribution in [1.29, 1.82) is 0 Å². The van der Waals surface area contributed by atoms with Crippen molar-refractivity contribution in [2.45, 2.75) is 24.3 Å². The van der Waals surface area contributed by atoms with Gasteiger partial charge >= 0.3 is 0 Å². The Hall–Kier alpha value is -0.850. The second-order valence-electron chi connectivity index (χ2n) is 5.01. The number of nitrogens with one attached hydrogen (secondary N) is 2. The Bertz CT molecular complexity index is 490. The molecule has 1 aromatic rings. The fourth-order valence-corrected chi connectivity index (χ4v) is 2.88. The van der Waals surface area contributed by atoms with Crippen LogP contribution in [0.15, 0.2) is 23.1 Å². The van der Waals surface area contributed by atoms with Gasteiger partial charge in [0.25, 0.3) is 0 Å². The van der Waals surface area contributed by atoms with E-state index in [4.69, 9.17) is 0 Å². The van der Waals surface area contributed by atoms with Crippen molar-refractivity contribution >= 4 is 30.1 Å². The van der Waals surface area contributed by atoms with Crippen molar-refractivity contribution in [3.05, 3.63) is 29.8 Å². The average molecular weight is 337 g/mol. The summed E-state index contributed by atoms with van der Waals surface area (Å²) in [6.45, 7) is 3.88. The van der Waals surface area contributed by atoms with Gasteiger partial charge in [-0.3, -0.25) is 4.79 Å². The highest BCUT2D eigenvalue weighted by Crippen LogP contribution is 2.20. The van der Waals surface area contributed by atoms with Crippen LogP contribution >= 0.6 is 24.2 Å². The number of halogens is 3. The number of benzene rings is 1. The van der Waals surface area contributed by atoms with Gasteiger partial charge in [0.2, 0.25) is 5.91 Å². The van der Waals surface area contributed by atoms with Gasteiger partial charge in [-0.25, -0.2) is 8.78 Å². The highest BCUT2D eigenvalue weighted by atomic mass is 35.5. The van der Waals surface area contributed by atoms with Crippen molar-refractivity contribution < 1.29 is 13.6 Å². The van der Waals surface area contributed by atoms with Crippen LogP contribution in [-0.2, 0) is 4.79 Å². The second kappa shape index (κ2) is 8.56. The molecule has 3 nitrogen and oxygen atoms in total. The third kappa shape index (κ3) is 5.45. The van der Waals surface area contributed by atoms with Gasteiger partial charge in [-0.05, 0) is 37.1 Å². The number of hydrogen-bond donors (Lipinski definition) is 2. The summed E-state index contributed by atoms with van der Waals surface area (Å²) in [5, 5.41) is 6.22. The van der Waals surface area contributed by atoms with Gasteiger partial charge in [-0.15, -0.1) is 24.2 Å². The van der Waals surface area contributed by atoms with Gasteiger partial charge in [0, 0.05) is 17.5 Å². The fraction of sp³-hybridized carbons (Fsp3) is 0.500. The van der Waals surface area contributed by atoms with Crippen LogP contribution in [0.4, 0.5) is 8.78 Å². The van der Waals surface area contributed by atoms with Gasteiger partial charge in [-0.2, -0.15) is 0 Å². The molecule has 1 aliphatic rings. The lowest BCUT2D eigenvalue weighted by Crippen LogP contribution is -2.50. The number of hydrogen-bond acceptors (Lipinski definition) is 3. The van der Waals surface area contributed by atoms with E-state index in [0.29, 0.717) is 10.8 Å². The number of piperidine rings is 1. The predicted molar refractivity (Wildman–Crippen MR) is 82.9 cm³/mol. The van der Waals surface area contributed by atoms with Gasteiger partial charge in [-0.1, -0.05) is 6.92 Å². The smallest absolute Gasteiger partial charge is 0.230 e. The second-order valence-corrected chi connectivity index (χ2v) is 6.06. The molecule has 0 bridgehead atoms. The largest absolute Gasteiger partial charge is 0.351 e. The topological polar surface area (TPSA) is 41.1 Å². The van der Waals surface area contributed by atoms with Crippen LogP contribution in [0, 0.1) is 17.6 Å². The molecule has 0 saturated carbocycles. The van der Waals surface area contributed by atoms with Gasteiger partial charge in [0.05, 0.1) is 5.75 Å². The molecule has 1 fully saturated rings. The van der Waals surface area contributed by atoms with Gasteiger partial charge < -0.3 is 10.6 Å². The Morgan fingerprint density at radius 3 is 2.86 bits per heavy atom. The van der Waals surface area contributed by atoms with E-state index in [-0.39, 0.29) is 30.1 Å². The minimum Gasteiger partial charge on any atom is -0.351 e. The van der Waals surface area contributed by atoms with E-state index in [2.05, 4.69) is 17.6 Å². The summed E-state index contributed by atoms with van der Waals surface area (Å²) in [6, 6.07) is 3.80. The molecule has 118 valence electrons. The van der Waals surface area contributed by atoms with Crippen LogP contribution in [0.2, 0.25) is 0 Å². The van der Waals surface area contributed by atoms with Crippen LogP contribution in [0.1, 0.15) is 13.3 Å². The third-order valence-corrected chi connectivity index (χ3v) is 4.43. The first kappa shape index (κ1) is 18.2. The van der Waals surface area contributed by atoms with E-state index in [1.807, 2.05) is 0 Å². The molecule has 1 heterocycles. The fourth-order valence-electron chi connectivity index (χ4n) is 2.15. The number of rotatable bonds is 4. The predicted octanol–water partition coefficient (Wildman–Crippen LogP) is 2.59. The first-order valence-electron chi connectivity index (χ1n) is 6.64. The minimum absolute atomic E-state index is 0. The lowest BCUT2D eigenvalue weighted by atomic mass is 9.95. The molecule has 2 unspecified atom stereocenters. The van der Waals surface area contributed by atoms with E-state index in [1.165, 1.54) is 17.8 Å². The van der Waals surface area contributed by atoms with Crippen LogP contribution in [0.5, 0.6) is 0 Å². The molecular formula is C14H19ClF2N2OS. The zero-order chi connectivity index (χ0) is 14.5. The van der Waals surface area contributed by atoms with Crippen LogP contribution in [-0.4, -0.2) is 30.8 Å². The first-order valence-corrected chi connectivity index (χ1v) is 7.63. The molecule has 0 spiro atoms. The van der Waals surface area contributed by atoms with Crippen molar-refractivity contribution in [2.75, 3.05) is 18.8 Å². The van der Waals surface area contributed by atoms with Gasteiger partial charge in [0.1, 0.15) is 0 Å². The molecule has 7 heteroatoms. The Kier molecular flexibility index (Phi) is 7.42. The van der Waals surface area contributed by atoms with Crippen LogP contribution < -0.4 is 10.6 Å². The summed E-state index contributed by atoms with van der Waals surface area (Å²) < 4.78 is 25.8. The summed E-state index contributed by atoms with van der Waals surface area (Å²) in [7, 11) is 0. The number of carbonyl (C=O) groups excluding carboxylic acids is 1. The number of amides is 1. The van der Waals surface area contributed by atoms with E-state index in [1.54, 1.807) is 0 Å². The van der Waals surface area contributed by atoms with Crippen molar-refractivity contribution in [2.24, 2.45) is 5.92 Å². The maximum atomic E-state index is 13.0. The summed E-state index contributed by atoms with van der Waals surface area (Å²) >= 11 is 1.20. The molecule has 1 saturated heterocycles. The Balaban J connectivity index is 0.00000220. The van der Waals surface area contributed by atoms with E-state index < -0.39 is 11.6 Å². The molecule has 0 aromatic heterocycles. The lowest BCUT2D eigenvalue weighted by molar-refractivity contribution is -0.119. The lowest BCUT2D eigenvalue weighted by Gasteiger charge is -2.30. The third-order valence-electron chi connectivity index (χ3n) is 3.43. The Labute approximate surface area is 133 Å². The molecule has 2 N–H and O–H groups in total. The molecule has 1 amide bonds. The SMILES string of the molecule is CC1CCNCC1NC(=O)CSc1ccc(F)c(F)c1.Cl. The highest BCUT2D eigenvalue weighted by Gasteiger charge is 2.22. The normalized spacial score (nSPS) is 21.5. The molecule has 2 atom stereocenters. The molecule has 21 heavy (non-hydrogen) atoms. The van der Waals surface area contributed by atoms with E-state index in [9.17, 15) is 13.6 Å². The number of carbonyl (C=O) groups is 1. The maximum Gasteiger partial charge on any atom is 0.230 e. The molecule has 1 aromatic carbocycles. The maximum absolute atomic E-state index is 13.0. The standard InChI is InChI=1S/C14H18F2N2OS.ClH/c1-9-4-5-17-7-13(9)18-14(19)8-20-10-2-3-11(15)12(16)6-10;/h2-3,6,9,13,17H,4-5,7-8H2,1H3,(H,18,19);1H. The quantitative estimate of drug-likeness (QED) is 0.830. The molecule has 2 rings (SSSR count). The van der Waals surface area contributed by atoms with Crippen molar-refractivity contribution in [3.8, 4) is 0 Å². The summed E-state index contributed by atoms with van der Waals surface area (Å²) in [5.74, 6) is -1.19. The zero-order valence-corrected chi connectivity index (χ0v) is 13.3. The summed E-state index contributed by atoms with van der Waals surface area (Å²) in [5.41, 5.74) is 0.